The van der Waals surface area contributed by atoms with E-state index >= 15 is 0 Å². The summed E-state index contributed by atoms with van der Waals surface area (Å²) in [6, 6.07) is 9.96. The van der Waals surface area contributed by atoms with Crippen LogP contribution in [0.2, 0.25) is 0 Å². The van der Waals surface area contributed by atoms with Gasteiger partial charge in [0.25, 0.3) is 11.6 Å². The number of hydrogen-bond acceptors (Lipinski definition) is 7. The molecule has 10 heteroatoms. The van der Waals surface area contributed by atoms with Crippen molar-refractivity contribution in [1.29, 1.82) is 0 Å². The molecule has 0 unspecified atom stereocenters. The average molecular weight is 444 g/mol. The van der Waals surface area contributed by atoms with Crippen LogP contribution in [-0.4, -0.2) is 60.1 Å². The molecule has 2 aromatic carbocycles. The van der Waals surface area contributed by atoms with Crippen molar-refractivity contribution in [3.05, 3.63) is 64.0 Å². The number of non-ortho nitro benzene ring substituents is 1. The maximum atomic E-state index is 13.6. The molecule has 1 amide bonds. The molecule has 2 heterocycles. The number of amides is 1. The number of morpholine rings is 1. The van der Waals surface area contributed by atoms with Crippen molar-refractivity contribution in [2.75, 3.05) is 44.3 Å². The Hall–Kier alpha value is -2.95. The predicted molar refractivity (Wildman–Crippen MR) is 116 cm³/mol. The molecule has 1 aliphatic heterocycles. The first-order chi connectivity index (χ1) is 15.0. The Labute approximate surface area is 182 Å². The van der Waals surface area contributed by atoms with Gasteiger partial charge in [0.1, 0.15) is 5.82 Å². The smallest absolute Gasteiger partial charge is 0.270 e. The maximum Gasteiger partial charge on any atom is 0.270 e. The van der Waals surface area contributed by atoms with Crippen LogP contribution in [0.5, 0.6) is 0 Å². The fourth-order valence-corrected chi connectivity index (χ4v) is 4.49. The van der Waals surface area contributed by atoms with Crippen LogP contribution >= 0.6 is 11.3 Å². The molecule has 0 saturated carbocycles. The van der Waals surface area contributed by atoms with Crippen LogP contribution in [0.3, 0.4) is 0 Å². The molecule has 0 atom stereocenters. The summed E-state index contributed by atoms with van der Waals surface area (Å²) in [5, 5.41) is 11.6. The van der Waals surface area contributed by atoms with Crippen LogP contribution in [0.4, 0.5) is 15.2 Å². The Bertz CT molecular complexity index is 1100. The quantitative estimate of drug-likeness (QED) is 0.408. The second kappa shape index (κ2) is 9.46. The molecule has 1 saturated heterocycles. The zero-order valence-corrected chi connectivity index (χ0v) is 17.5. The lowest BCUT2D eigenvalue weighted by molar-refractivity contribution is -0.384. The lowest BCUT2D eigenvalue weighted by Gasteiger charge is -2.27. The molecule has 1 aliphatic rings. The van der Waals surface area contributed by atoms with E-state index in [1.807, 2.05) is 0 Å². The van der Waals surface area contributed by atoms with Crippen molar-refractivity contribution in [2.45, 2.75) is 6.42 Å². The van der Waals surface area contributed by atoms with Crippen LogP contribution in [0.1, 0.15) is 16.8 Å². The average Bonchev–Trinajstić information content (AvgIpc) is 3.20. The number of nitrogens with zero attached hydrogens (tertiary/aromatic N) is 4. The van der Waals surface area contributed by atoms with Gasteiger partial charge in [0, 0.05) is 43.9 Å². The number of ether oxygens (including phenoxy) is 1. The van der Waals surface area contributed by atoms with Gasteiger partial charge in [-0.05, 0) is 30.7 Å². The van der Waals surface area contributed by atoms with E-state index in [1.165, 1.54) is 46.6 Å². The molecule has 3 aromatic rings. The summed E-state index contributed by atoms with van der Waals surface area (Å²) in [4.78, 5) is 32.2. The molecule has 8 nitrogen and oxygen atoms in total. The molecule has 31 heavy (non-hydrogen) atoms. The summed E-state index contributed by atoms with van der Waals surface area (Å²) in [5.41, 5.74) is 0.669. The largest absolute Gasteiger partial charge is 0.379 e. The Morgan fingerprint density at radius 3 is 2.84 bits per heavy atom. The zero-order valence-electron chi connectivity index (χ0n) is 16.7. The number of aromatic nitrogens is 1. The highest BCUT2D eigenvalue weighted by molar-refractivity contribution is 7.22. The van der Waals surface area contributed by atoms with Gasteiger partial charge in [-0.25, -0.2) is 9.37 Å². The Kier molecular flexibility index (Phi) is 6.50. The van der Waals surface area contributed by atoms with Crippen LogP contribution in [0.25, 0.3) is 10.2 Å². The van der Waals surface area contributed by atoms with Crippen molar-refractivity contribution >= 4 is 38.3 Å². The van der Waals surface area contributed by atoms with Crippen LogP contribution in [0.15, 0.2) is 42.5 Å². The molecule has 0 N–H and O–H groups in total. The van der Waals surface area contributed by atoms with Gasteiger partial charge < -0.3 is 4.74 Å². The van der Waals surface area contributed by atoms with Crippen LogP contribution in [0, 0.1) is 15.9 Å². The topological polar surface area (TPSA) is 88.8 Å². The monoisotopic (exact) mass is 444 g/mol. The molecule has 1 fully saturated rings. The molecule has 0 radical (unpaired) electrons. The number of carbonyl (C=O) groups is 1. The summed E-state index contributed by atoms with van der Waals surface area (Å²) < 4.78 is 19.6. The highest BCUT2D eigenvalue weighted by Crippen LogP contribution is 2.31. The van der Waals surface area contributed by atoms with E-state index in [2.05, 4.69) is 9.88 Å². The number of anilines is 1. The SMILES string of the molecule is O=C(c1cccc([N+](=O)[O-])c1)N(CCCN1CCOCC1)c1nc2ccc(F)cc2s1. The van der Waals surface area contributed by atoms with Gasteiger partial charge in [0.05, 0.1) is 28.4 Å². The molecule has 0 aliphatic carbocycles. The summed E-state index contributed by atoms with van der Waals surface area (Å²) in [6.07, 6.45) is 0.699. The van der Waals surface area contributed by atoms with Crippen LogP contribution in [-0.2, 0) is 4.74 Å². The van der Waals surface area contributed by atoms with E-state index in [1.54, 1.807) is 12.1 Å². The van der Waals surface area contributed by atoms with E-state index in [9.17, 15) is 19.3 Å². The second-order valence-corrected chi connectivity index (χ2v) is 8.19. The van der Waals surface area contributed by atoms with Gasteiger partial charge in [-0.15, -0.1) is 0 Å². The number of nitro benzene ring substituents is 1. The van der Waals surface area contributed by atoms with E-state index in [-0.39, 0.29) is 23.0 Å². The first kappa shape index (κ1) is 21.3. The van der Waals surface area contributed by atoms with Gasteiger partial charge in [-0.3, -0.25) is 24.7 Å². The van der Waals surface area contributed by atoms with Crippen molar-refractivity contribution in [2.24, 2.45) is 0 Å². The molecular formula is C21H21FN4O4S. The highest BCUT2D eigenvalue weighted by Gasteiger charge is 2.23. The minimum atomic E-state index is -0.528. The molecular weight excluding hydrogens is 423 g/mol. The summed E-state index contributed by atoms with van der Waals surface area (Å²) in [7, 11) is 0. The number of thiazole rings is 1. The number of rotatable bonds is 7. The first-order valence-electron chi connectivity index (χ1n) is 9.94. The Morgan fingerprint density at radius 2 is 2.06 bits per heavy atom. The van der Waals surface area contributed by atoms with Crippen molar-refractivity contribution < 1.29 is 18.8 Å². The number of benzene rings is 2. The lowest BCUT2D eigenvalue weighted by atomic mass is 10.1. The van der Waals surface area contributed by atoms with Crippen molar-refractivity contribution in [3.63, 3.8) is 0 Å². The van der Waals surface area contributed by atoms with Crippen LogP contribution < -0.4 is 4.90 Å². The number of nitro groups is 1. The van der Waals surface area contributed by atoms with E-state index in [0.29, 0.717) is 41.5 Å². The van der Waals surface area contributed by atoms with Gasteiger partial charge in [0.2, 0.25) is 0 Å². The first-order valence-corrected chi connectivity index (χ1v) is 10.8. The van der Waals surface area contributed by atoms with E-state index in [4.69, 9.17) is 4.74 Å². The summed E-state index contributed by atoms with van der Waals surface area (Å²) >= 11 is 1.23. The van der Waals surface area contributed by atoms with E-state index < -0.39 is 4.92 Å². The second-order valence-electron chi connectivity index (χ2n) is 7.18. The van der Waals surface area contributed by atoms with E-state index in [0.717, 1.165) is 19.6 Å². The minimum absolute atomic E-state index is 0.148. The molecule has 4 rings (SSSR count). The lowest BCUT2D eigenvalue weighted by Crippen LogP contribution is -2.39. The highest BCUT2D eigenvalue weighted by atomic mass is 32.1. The minimum Gasteiger partial charge on any atom is -0.379 e. The maximum absolute atomic E-state index is 13.6. The fraction of sp³-hybridized carbons (Fsp3) is 0.333. The molecule has 1 aromatic heterocycles. The van der Waals surface area contributed by atoms with Gasteiger partial charge in [0.15, 0.2) is 5.13 Å². The molecule has 0 bridgehead atoms. The third-order valence-corrected chi connectivity index (χ3v) is 6.12. The third kappa shape index (κ3) is 5.04. The van der Waals surface area contributed by atoms with Crippen molar-refractivity contribution in [3.8, 4) is 0 Å². The Balaban J connectivity index is 1.59. The van der Waals surface area contributed by atoms with Gasteiger partial charge in [-0.2, -0.15) is 0 Å². The van der Waals surface area contributed by atoms with Gasteiger partial charge in [-0.1, -0.05) is 17.4 Å². The fourth-order valence-electron chi connectivity index (χ4n) is 3.47. The zero-order chi connectivity index (χ0) is 21.8. The third-order valence-electron chi connectivity index (χ3n) is 5.08. The van der Waals surface area contributed by atoms with Crippen molar-refractivity contribution in [1.82, 2.24) is 9.88 Å². The number of halogens is 1. The molecule has 162 valence electrons. The standard InChI is InChI=1S/C21H21FN4O4S/c22-16-5-6-18-19(14-16)31-21(23-18)25(8-2-7-24-9-11-30-12-10-24)20(27)15-3-1-4-17(13-15)26(28)29/h1,3-6,13-14H,2,7-12H2. The van der Waals surface area contributed by atoms with Gasteiger partial charge >= 0.3 is 0 Å². The number of carbonyl (C=O) groups excluding carboxylic acids is 1. The number of fused-ring (bicyclic) bond motifs is 1. The summed E-state index contributed by atoms with van der Waals surface area (Å²) in [6.45, 7) is 4.26. The predicted octanol–water partition coefficient (Wildman–Crippen LogP) is 3.71. The Morgan fingerprint density at radius 1 is 1.26 bits per heavy atom. The summed E-state index contributed by atoms with van der Waals surface area (Å²) in [5.74, 6) is -0.739. The normalized spacial score (nSPS) is 14.6. The molecule has 0 spiro atoms. The number of hydrogen-bond donors (Lipinski definition) is 0.